The van der Waals surface area contributed by atoms with Gasteiger partial charge in [0.05, 0.1) is 5.56 Å². The summed E-state index contributed by atoms with van der Waals surface area (Å²) >= 11 is 0. The molecule has 3 fully saturated rings. The molecule has 0 atom stereocenters. The Kier molecular flexibility index (Phi) is 5.40. The topological polar surface area (TPSA) is 47.0 Å². The molecule has 1 aromatic rings. The van der Waals surface area contributed by atoms with Crippen molar-refractivity contribution in [1.82, 2.24) is 9.80 Å². The van der Waals surface area contributed by atoms with Crippen molar-refractivity contribution in [1.29, 1.82) is 0 Å². The van der Waals surface area contributed by atoms with Crippen molar-refractivity contribution >= 4 is 11.8 Å². The van der Waals surface area contributed by atoms with E-state index in [-0.39, 0.29) is 5.54 Å². The van der Waals surface area contributed by atoms with Crippen LogP contribution in [0.15, 0.2) is 18.2 Å². The van der Waals surface area contributed by atoms with Crippen LogP contribution in [0.1, 0.15) is 49.7 Å². The van der Waals surface area contributed by atoms with Crippen LogP contribution < -0.4 is 4.90 Å². The predicted octanol–water partition coefficient (Wildman–Crippen LogP) is 4.41. The van der Waals surface area contributed by atoms with Gasteiger partial charge in [-0.1, -0.05) is 6.07 Å². The van der Waals surface area contributed by atoms with Gasteiger partial charge in [-0.15, -0.1) is 0 Å². The molecule has 1 N–H and O–H groups in total. The highest BCUT2D eigenvalue weighted by molar-refractivity contribution is 5.65. The Morgan fingerprint density at radius 2 is 1.69 bits per heavy atom. The number of hydrogen-bond acceptors (Lipinski definition) is 3. The van der Waals surface area contributed by atoms with E-state index in [1.165, 1.54) is 11.0 Å². The number of hydrogen-bond donors (Lipinski definition) is 1. The minimum absolute atomic E-state index is 0.0253. The Hall–Kier alpha value is -1.96. The van der Waals surface area contributed by atoms with E-state index in [9.17, 15) is 23.1 Å². The number of carboxylic acid groups (broad SMARTS) is 1. The lowest BCUT2D eigenvalue weighted by Gasteiger charge is -2.44. The summed E-state index contributed by atoms with van der Waals surface area (Å²) in [6, 6.07) is 4.58. The molecule has 3 heterocycles. The number of alkyl halides is 3. The van der Waals surface area contributed by atoms with Gasteiger partial charge in [-0.05, 0) is 62.8 Å². The average molecular weight is 411 g/mol. The summed E-state index contributed by atoms with van der Waals surface area (Å²) in [5.74, 6) is 0. The zero-order valence-electron chi connectivity index (χ0n) is 16.5. The molecule has 3 saturated heterocycles. The van der Waals surface area contributed by atoms with E-state index in [2.05, 4.69) is 4.90 Å². The van der Waals surface area contributed by atoms with Gasteiger partial charge in [0.1, 0.15) is 0 Å². The first-order valence-corrected chi connectivity index (χ1v) is 10.5. The molecule has 0 aromatic heterocycles. The molecule has 1 spiro atoms. The lowest BCUT2D eigenvalue weighted by atomic mass is 9.85. The lowest BCUT2D eigenvalue weighted by molar-refractivity contribution is -0.137. The number of anilines is 1. The van der Waals surface area contributed by atoms with E-state index < -0.39 is 17.8 Å². The molecule has 0 saturated carbocycles. The van der Waals surface area contributed by atoms with Gasteiger partial charge in [0.15, 0.2) is 0 Å². The number of likely N-dealkylation sites (tertiary alicyclic amines) is 2. The maximum atomic E-state index is 13.5. The zero-order chi connectivity index (χ0) is 20.6. The van der Waals surface area contributed by atoms with Gasteiger partial charge in [-0.25, -0.2) is 4.79 Å². The molecule has 4 rings (SSSR count). The third-order valence-corrected chi connectivity index (χ3v) is 6.89. The largest absolute Gasteiger partial charge is 0.465 e. The minimum atomic E-state index is -4.35. The summed E-state index contributed by atoms with van der Waals surface area (Å²) < 4.78 is 40.6. The Balaban J connectivity index is 1.54. The molecule has 8 heteroatoms. The number of halogens is 3. The molecular formula is C21H28F3N3O2. The Bertz CT molecular complexity index is 754. The summed E-state index contributed by atoms with van der Waals surface area (Å²) in [5, 5.41) is 9.21. The first-order chi connectivity index (χ1) is 13.8. The van der Waals surface area contributed by atoms with Crippen LogP contribution in [0.5, 0.6) is 0 Å². The van der Waals surface area contributed by atoms with Crippen LogP contribution in [-0.4, -0.2) is 59.3 Å². The van der Waals surface area contributed by atoms with Crippen LogP contribution in [-0.2, 0) is 12.7 Å². The zero-order valence-corrected chi connectivity index (χ0v) is 16.5. The molecular weight excluding hydrogens is 383 g/mol. The summed E-state index contributed by atoms with van der Waals surface area (Å²) in [4.78, 5) is 16.9. The molecule has 0 unspecified atom stereocenters. The highest BCUT2D eigenvalue weighted by Crippen LogP contribution is 2.41. The fraction of sp³-hybridized carbons (Fsp3) is 0.667. The average Bonchev–Trinajstić information content (AvgIpc) is 3.33. The third-order valence-electron chi connectivity index (χ3n) is 6.89. The number of benzene rings is 1. The third kappa shape index (κ3) is 4.04. The second-order valence-electron chi connectivity index (χ2n) is 8.56. The fourth-order valence-corrected chi connectivity index (χ4v) is 5.28. The van der Waals surface area contributed by atoms with Crippen LogP contribution in [0.2, 0.25) is 0 Å². The maximum absolute atomic E-state index is 13.5. The Labute approximate surface area is 169 Å². The second-order valence-corrected chi connectivity index (χ2v) is 8.56. The SMILES string of the molecule is O=C(O)N1CCC2(CCCN2Cc2ccc(C(F)(F)F)c(N3CCCC3)c2)CC1. The highest BCUT2D eigenvalue weighted by Gasteiger charge is 2.44. The Morgan fingerprint density at radius 3 is 2.31 bits per heavy atom. The quantitative estimate of drug-likeness (QED) is 0.800. The number of nitrogens with zero attached hydrogens (tertiary/aromatic N) is 3. The van der Waals surface area contributed by atoms with Gasteiger partial charge in [0.25, 0.3) is 0 Å². The molecule has 3 aliphatic heterocycles. The van der Waals surface area contributed by atoms with Crippen molar-refractivity contribution in [2.75, 3.05) is 37.6 Å². The van der Waals surface area contributed by atoms with Crippen LogP contribution in [0.25, 0.3) is 0 Å². The van der Waals surface area contributed by atoms with Gasteiger partial charge in [0.2, 0.25) is 0 Å². The fourth-order valence-electron chi connectivity index (χ4n) is 5.28. The van der Waals surface area contributed by atoms with Crippen molar-refractivity contribution < 1.29 is 23.1 Å². The highest BCUT2D eigenvalue weighted by atomic mass is 19.4. The van der Waals surface area contributed by atoms with Crippen LogP contribution >= 0.6 is 0 Å². The van der Waals surface area contributed by atoms with Crippen LogP contribution in [0.3, 0.4) is 0 Å². The van der Waals surface area contributed by atoms with E-state index in [4.69, 9.17) is 0 Å². The van der Waals surface area contributed by atoms with Crippen molar-refractivity contribution in [3.8, 4) is 0 Å². The number of rotatable bonds is 3. The normalized spacial score (nSPS) is 22.6. The van der Waals surface area contributed by atoms with Gasteiger partial charge in [0, 0.05) is 44.0 Å². The molecule has 1 aromatic carbocycles. The summed E-state index contributed by atoms with van der Waals surface area (Å²) in [6.07, 6.45) is 0.287. The molecule has 1 amide bonds. The smallest absolute Gasteiger partial charge is 0.418 e. The van der Waals surface area contributed by atoms with E-state index in [1.807, 2.05) is 4.90 Å². The van der Waals surface area contributed by atoms with Gasteiger partial charge in [-0.3, -0.25) is 4.90 Å². The molecule has 0 aliphatic carbocycles. The standard InChI is InChI=1S/C21H28F3N3O2/c22-21(23,24)17-5-4-16(14-18(17)25-9-1-2-10-25)15-27-11-3-6-20(27)7-12-26(13-8-20)19(28)29/h4-5,14H,1-3,6-13,15H2,(H,28,29). The van der Waals surface area contributed by atoms with E-state index in [1.54, 1.807) is 12.1 Å². The molecule has 0 bridgehead atoms. The number of piperidine rings is 1. The van der Waals surface area contributed by atoms with E-state index in [0.29, 0.717) is 38.4 Å². The first-order valence-electron chi connectivity index (χ1n) is 10.5. The molecule has 3 aliphatic rings. The predicted molar refractivity (Wildman–Crippen MR) is 104 cm³/mol. The van der Waals surface area contributed by atoms with Crippen LogP contribution in [0.4, 0.5) is 23.7 Å². The lowest BCUT2D eigenvalue weighted by Crippen LogP contribution is -2.52. The van der Waals surface area contributed by atoms with Gasteiger partial charge < -0.3 is 14.9 Å². The minimum Gasteiger partial charge on any atom is -0.465 e. The molecule has 5 nitrogen and oxygen atoms in total. The van der Waals surface area contributed by atoms with Gasteiger partial charge in [-0.2, -0.15) is 13.2 Å². The van der Waals surface area contributed by atoms with Crippen LogP contribution in [0, 0.1) is 0 Å². The summed E-state index contributed by atoms with van der Waals surface area (Å²) in [7, 11) is 0. The van der Waals surface area contributed by atoms with Crippen molar-refractivity contribution in [2.24, 2.45) is 0 Å². The van der Waals surface area contributed by atoms with E-state index in [0.717, 1.165) is 50.6 Å². The molecule has 29 heavy (non-hydrogen) atoms. The van der Waals surface area contributed by atoms with Crippen molar-refractivity contribution in [3.63, 3.8) is 0 Å². The monoisotopic (exact) mass is 411 g/mol. The summed E-state index contributed by atoms with van der Waals surface area (Å²) in [6.45, 7) is 3.92. The molecule has 0 radical (unpaired) electrons. The first kappa shape index (κ1) is 20.3. The maximum Gasteiger partial charge on any atom is 0.418 e. The van der Waals surface area contributed by atoms with E-state index >= 15 is 0 Å². The van der Waals surface area contributed by atoms with Crippen molar-refractivity contribution in [2.45, 2.75) is 56.8 Å². The van der Waals surface area contributed by atoms with Gasteiger partial charge >= 0.3 is 12.3 Å². The summed E-state index contributed by atoms with van der Waals surface area (Å²) in [5.41, 5.74) is 0.639. The van der Waals surface area contributed by atoms with Crippen molar-refractivity contribution in [3.05, 3.63) is 29.3 Å². The number of carbonyl (C=O) groups is 1. The number of amides is 1. The molecule has 160 valence electrons. The second kappa shape index (κ2) is 7.70. The Morgan fingerprint density at radius 1 is 1.00 bits per heavy atom.